The summed E-state index contributed by atoms with van der Waals surface area (Å²) >= 11 is 0. The molecule has 0 aliphatic carbocycles. The molecule has 0 spiro atoms. The highest BCUT2D eigenvalue weighted by Crippen LogP contribution is 2.33. The predicted octanol–water partition coefficient (Wildman–Crippen LogP) is 3.38. The van der Waals surface area contributed by atoms with Gasteiger partial charge in [-0.15, -0.1) is 13.2 Å². The van der Waals surface area contributed by atoms with Gasteiger partial charge < -0.3 is 9.64 Å². The number of hydrogen-bond acceptors (Lipinski definition) is 4. The molecule has 110 valence electrons. The summed E-state index contributed by atoms with van der Waals surface area (Å²) in [6.45, 7) is 1.71. The molecule has 0 aliphatic heterocycles. The lowest BCUT2D eigenvalue weighted by atomic mass is 10.1. The molecule has 1 aromatic carbocycles. The van der Waals surface area contributed by atoms with Crippen LogP contribution in [0.25, 0.3) is 10.9 Å². The highest BCUT2D eigenvalue weighted by molar-refractivity contribution is 5.95. The first-order chi connectivity index (χ1) is 9.73. The molecule has 0 unspecified atom stereocenters. The molecule has 0 atom stereocenters. The molecule has 0 saturated heterocycles. The van der Waals surface area contributed by atoms with Crippen molar-refractivity contribution in [2.24, 2.45) is 0 Å². The summed E-state index contributed by atoms with van der Waals surface area (Å²) in [5.74, 6) is -0.316. The number of aromatic nitrogens is 1. The van der Waals surface area contributed by atoms with Gasteiger partial charge in [0.2, 0.25) is 0 Å². The minimum atomic E-state index is -4.75. The summed E-state index contributed by atoms with van der Waals surface area (Å²) in [5, 5.41) is 9.59. The summed E-state index contributed by atoms with van der Waals surface area (Å²) in [6, 6.07) is 5.85. The minimum absolute atomic E-state index is 0.246. The highest BCUT2D eigenvalue weighted by atomic mass is 19.4. The van der Waals surface area contributed by atoms with Crippen LogP contribution in [0.15, 0.2) is 18.2 Å². The molecule has 1 aromatic heterocycles. The number of anilines is 1. The van der Waals surface area contributed by atoms with E-state index in [1.165, 1.54) is 18.2 Å². The summed E-state index contributed by atoms with van der Waals surface area (Å²) in [5.41, 5.74) is 1.94. The van der Waals surface area contributed by atoms with Crippen molar-refractivity contribution < 1.29 is 17.9 Å². The van der Waals surface area contributed by atoms with E-state index in [1.807, 2.05) is 6.07 Å². The second-order valence-corrected chi connectivity index (χ2v) is 4.67. The van der Waals surface area contributed by atoms with Gasteiger partial charge in [0, 0.05) is 25.0 Å². The van der Waals surface area contributed by atoms with Crippen LogP contribution in [0.3, 0.4) is 0 Å². The Morgan fingerprint density at radius 2 is 1.95 bits per heavy atom. The number of ether oxygens (including phenoxy) is 1. The zero-order valence-electron chi connectivity index (χ0n) is 11.6. The van der Waals surface area contributed by atoms with Gasteiger partial charge in [0.15, 0.2) is 0 Å². The Bertz CT molecular complexity index is 733. The van der Waals surface area contributed by atoms with Crippen molar-refractivity contribution in [3.63, 3.8) is 0 Å². The van der Waals surface area contributed by atoms with E-state index < -0.39 is 6.36 Å². The Morgan fingerprint density at radius 1 is 1.29 bits per heavy atom. The molecule has 2 aromatic rings. The van der Waals surface area contributed by atoms with Crippen molar-refractivity contribution in [1.29, 1.82) is 5.26 Å². The third kappa shape index (κ3) is 2.99. The monoisotopic (exact) mass is 295 g/mol. The summed E-state index contributed by atoms with van der Waals surface area (Å²) in [7, 11) is 3.50. The van der Waals surface area contributed by atoms with Gasteiger partial charge in [-0.1, -0.05) is 0 Å². The molecule has 4 nitrogen and oxygen atoms in total. The Labute approximate surface area is 119 Å². The third-order valence-corrected chi connectivity index (χ3v) is 2.95. The van der Waals surface area contributed by atoms with Crippen LogP contribution in [0.5, 0.6) is 5.75 Å². The van der Waals surface area contributed by atoms with E-state index in [1.54, 1.807) is 25.9 Å². The van der Waals surface area contributed by atoms with Gasteiger partial charge >= 0.3 is 6.36 Å². The first-order valence-electron chi connectivity index (χ1n) is 6.00. The fourth-order valence-electron chi connectivity index (χ4n) is 2.20. The van der Waals surface area contributed by atoms with Crippen LogP contribution < -0.4 is 9.64 Å². The zero-order valence-corrected chi connectivity index (χ0v) is 11.6. The van der Waals surface area contributed by atoms with Gasteiger partial charge in [-0.05, 0) is 25.1 Å². The van der Waals surface area contributed by atoms with E-state index in [4.69, 9.17) is 5.26 Å². The lowest BCUT2D eigenvalue weighted by Crippen LogP contribution is -2.17. The van der Waals surface area contributed by atoms with Gasteiger partial charge in [0.1, 0.15) is 17.5 Å². The summed E-state index contributed by atoms with van der Waals surface area (Å²) in [6.07, 6.45) is -4.75. The summed E-state index contributed by atoms with van der Waals surface area (Å²) < 4.78 is 40.9. The maximum Gasteiger partial charge on any atom is 0.573 e. The van der Waals surface area contributed by atoms with Crippen LogP contribution in [0.1, 0.15) is 11.3 Å². The second-order valence-electron chi connectivity index (χ2n) is 4.67. The molecule has 21 heavy (non-hydrogen) atoms. The number of benzene rings is 1. The molecule has 0 radical (unpaired) electrons. The van der Waals surface area contributed by atoms with Crippen molar-refractivity contribution in [2.45, 2.75) is 13.3 Å². The molecule has 0 fully saturated rings. The second kappa shape index (κ2) is 5.13. The average molecular weight is 295 g/mol. The number of pyridine rings is 1. The summed E-state index contributed by atoms with van der Waals surface area (Å²) in [4.78, 5) is 5.88. The van der Waals surface area contributed by atoms with Crippen LogP contribution in [0.2, 0.25) is 0 Å². The number of hydrogen-bond donors (Lipinski definition) is 0. The topological polar surface area (TPSA) is 49.1 Å². The zero-order chi connectivity index (χ0) is 15.8. The number of alkyl halides is 3. The highest BCUT2D eigenvalue weighted by Gasteiger charge is 2.31. The van der Waals surface area contributed by atoms with Crippen molar-refractivity contribution in [3.05, 3.63) is 29.5 Å². The van der Waals surface area contributed by atoms with Gasteiger partial charge in [0.05, 0.1) is 11.2 Å². The van der Waals surface area contributed by atoms with Crippen LogP contribution in [0.4, 0.5) is 18.9 Å². The molecular formula is C14H12F3N3O. The maximum atomic E-state index is 12.3. The fourth-order valence-corrected chi connectivity index (χ4v) is 2.20. The van der Waals surface area contributed by atoms with Crippen LogP contribution in [-0.4, -0.2) is 25.4 Å². The molecular weight excluding hydrogens is 283 g/mol. The Hall–Kier alpha value is -2.49. The fraction of sp³-hybridized carbons (Fsp3) is 0.286. The lowest BCUT2D eigenvalue weighted by Gasteiger charge is -2.19. The van der Waals surface area contributed by atoms with Gasteiger partial charge in [0.25, 0.3) is 0 Å². The van der Waals surface area contributed by atoms with E-state index in [0.717, 1.165) is 0 Å². The Kier molecular flexibility index (Phi) is 3.64. The quantitative estimate of drug-likeness (QED) is 0.852. The van der Waals surface area contributed by atoms with Crippen LogP contribution >= 0.6 is 0 Å². The van der Waals surface area contributed by atoms with E-state index in [2.05, 4.69) is 9.72 Å². The molecule has 1 heterocycles. The van der Waals surface area contributed by atoms with Gasteiger partial charge in [-0.3, -0.25) is 0 Å². The predicted molar refractivity (Wildman–Crippen MR) is 72.2 cm³/mol. The smallest absolute Gasteiger partial charge is 0.406 e. The minimum Gasteiger partial charge on any atom is -0.406 e. The lowest BCUT2D eigenvalue weighted by molar-refractivity contribution is -0.274. The van der Waals surface area contributed by atoms with Crippen molar-refractivity contribution in [1.82, 2.24) is 4.98 Å². The molecule has 2 rings (SSSR count). The van der Waals surface area contributed by atoms with E-state index in [9.17, 15) is 13.2 Å². The average Bonchev–Trinajstić information content (AvgIpc) is 2.35. The number of nitrogens with zero attached hydrogens (tertiary/aromatic N) is 3. The number of fused-ring (bicyclic) bond motifs is 1. The number of halogens is 3. The molecule has 0 N–H and O–H groups in total. The van der Waals surface area contributed by atoms with E-state index >= 15 is 0 Å². The van der Waals surface area contributed by atoms with Gasteiger partial charge in [-0.2, -0.15) is 5.26 Å². The molecule has 0 aliphatic rings. The third-order valence-electron chi connectivity index (χ3n) is 2.95. The van der Waals surface area contributed by atoms with Crippen molar-refractivity contribution >= 4 is 16.6 Å². The number of rotatable bonds is 2. The van der Waals surface area contributed by atoms with Crippen molar-refractivity contribution in [3.8, 4) is 11.8 Å². The first-order valence-corrected chi connectivity index (χ1v) is 6.00. The largest absolute Gasteiger partial charge is 0.573 e. The standard InChI is InChI=1S/C14H12F3N3O/c1-8-12(7-18)19-11-5-4-9(21-14(15,16)17)6-10(11)13(8)20(2)3/h4-6H,1-3H3. The van der Waals surface area contributed by atoms with Crippen LogP contribution in [0, 0.1) is 18.3 Å². The van der Waals surface area contributed by atoms with E-state index in [0.29, 0.717) is 22.2 Å². The molecule has 0 amide bonds. The molecule has 0 bridgehead atoms. The first kappa shape index (κ1) is 14.9. The van der Waals surface area contributed by atoms with Crippen LogP contribution in [-0.2, 0) is 0 Å². The number of nitriles is 1. The molecule has 7 heteroatoms. The van der Waals surface area contributed by atoms with Crippen molar-refractivity contribution in [2.75, 3.05) is 19.0 Å². The Morgan fingerprint density at radius 3 is 2.48 bits per heavy atom. The maximum absolute atomic E-state index is 12.3. The SMILES string of the molecule is Cc1c(C#N)nc2ccc(OC(F)(F)F)cc2c1N(C)C. The van der Waals surface area contributed by atoms with E-state index in [-0.39, 0.29) is 11.4 Å². The van der Waals surface area contributed by atoms with Gasteiger partial charge in [-0.25, -0.2) is 4.98 Å². The molecule has 0 saturated carbocycles. The Balaban J connectivity index is 2.71. The normalized spacial score (nSPS) is 11.3.